The lowest BCUT2D eigenvalue weighted by Gasteiger charge is -2.33. The number of aromatic nitrogens is 3. The molecule has 2 aliphatic carbocycles. The number of rotatable bonds is 6. The minimum atomic E-state index is 0.349. The van der Waals surface area contributed by atoms with Gasteiger partial charge >= 0.3 is 0 Å². The van der Waals surface area contributed by atoms with Crippen LogP contribution in [0.3, 0.4) is 0 Å². The van der Waals surface area contributed by atoms with E-state index >= 15 is 0 Å². The summed E-state index contributed by atoms with van der Waals surface area (Å²) in [4.78, 5) is 0. The SMILES string of the molecule is Cc1c(-c2onc(-c3ccccc3Cl)c2COC2CC2)cnn1C1CC(C)C1. The van der Waals surface area contributed by atoms with E-state index in [9.17, 15) is 0 Å². The summed E-state index contributed by atoms with van der Waals surface area (Å²) in [6, 6.07) is 8.21. The Kier molecular flexibility index (Phi) is 4.52. The first-order valence-electron chi connectivity index (χ1n) is 10.0. The van der Waals surface area contributed by atoms with Gasteiger partial charge in [-0.1, -0.05) is 41.9 Å². The van der Waals surface area contributed by atoms with Crippen molar-refractivity contribution in [2.45, 2.75) is 58.3 Å². The third-order valence-corrected chi connectivity index (χ3v) is 6.22. The van der Waals surface area contributed by atoms with Gasteiger partial charge in [-0.05, 0) is 44.6 Å². The quantitative estimate of drug-likeness (QED) is 0.526. The molecule has 5 nitrogen and oxygen atoms in total. The zero-order valence-electron chi connectivity index (χ0n) is 16.2. The van der Waals surface area contributed by atoms with Crippen molar-refractivity contribution < 1.29 is 9.26 Å². The summed E-state index contributed by atoms with van der Waals surface area (Å²) in [6.07, 6.45) is 6.86. The van der Waals surface area contributed by atoms with Crippen LogP contribution in [-0.2, 0) is 11.3 Å². The maximum Gasteiger partial charge on any atom is 0.176 e. The first kappa shape index (κ1) is 18.0. The summed E-state index contributed by atoms with van der Waals surface area (Å²) in [5.41, 5.74) is 4.67. The lowest BCUT2D eigenvalue weighted by atomic mass is 9.82. The molecule has 2 aromatic heterocycles. The zero-order valence-corrected chi connectivity index (χ0v) is 16.9. The summed E-state index contributed by atoms with van der Waals surface area (Å²) < 4.78 is 14.0. The molecule has 2 aliphatic rings. The van der Waals surface area contributed by atoms with E-state index in [1.807, 2.05) is 30.5 Å². The van der Waals surface area contributed by atoms with E-state index in [0.29, 0.717) is 23.8 Å². The number of benzene rings is 1. The van der Waals surface area contributed by atoms with Crippen LogP contribution in [0.15, 0.2) is 35.0 Å². The zero-order chi connectivity index (χ0) is 19.3. The normalized spacial score (nSPS) is 21.7. The van der Waals surface area contributed by atoms with Gasteiger partial charge in [-0.3, -0.25) is 4.68 Å². The lowest BCUT2D eigenvalue weighted by Crippen LogP contribution is -2.26. The highest BCUT2D eigenvalue weighted by Gasteiger charge is 2.31. The highest BCUT2D eigenvalue weighted by molar-refractivity contribution is 6.33. The Hall–Kier alpha value is -2.11. The molecule has 2 saturated carbocycles. The predicted molar refractivity (Wildman–Crippen MR) is 108 cm³/mol. The first-order valence-corrected chi connectivity index (χ1v) is 10.4. The molecular formula is C22H24ClN3O2. The van der Waals surface area contributed by atoms with Gasteiger partial charge in [0.1, 0.15) is 5.69 Å². The molecule has 0 unspecified atom stereocenters. The van der Waals surface area contributed by atoms with Crippen LogP contribution in [0.2, 0.25) is 5.02 Å². The van der Waals surface area contributed by atoms with Crippen molar-refractivity contribution in [1.82, 2.24) is 14.9 Å². The molecule has 0 N–H and O–H groups in total. The van der Waals surface area contributed by atoms with Crippen LogP contribution in [0, 0.1) is 12.8 Å². The van der Waals surface area contributed by atoms with Gasteiger partial charge < -0.3 is 9.26 Å². The van der Waals surface area contributed by atoms with Crippen LogP contribution in [0.4, 0.5) is 0 Å². The summed E-state index contributed by atoms with van der Waals surface area (Å²) in [6.45, 7) is 4.86. The molecule has 1 aromatic carbocycles. The second-order valence-electron chi connectivity index (χ2n) is 8.15. The van der Waals surface area contributed by atoms with Crippen molar-refractivity contribution in [3.63, 3.8) is 0 Å². The Morgan fingerprint density at radius 2 is 2.00 bits per heavy atom. The van der Waals surface area contributed by atoms with E-state index < -0.39 is 0 Å². The minimum absolute atomic E-state index is 0.349. The van der Waals surface area contributed by atoms with Gasteiger partial charge in [-0.2, -0.15) is 5.10 Å². The van der Waals surface area contributed by atoms with Gasteiger partial charge in [-0.25, -0.2) is 0 Å². The Morgan fingerprint density at radius 1 is 1.21 bits per heavy atom. The summed E-state index contributed by atoms with van der Waals surface area (Å²) in [7, 11) is 0. The molecule has 0 radical (unpaired) electrons. The number of hydrogen-bond donors (Lipinski definition) is 0. The molecule has 0 spiro atoms. The molecule has 5 rings (SSSR count). The molecule has 6 heteroatoms. The molecule has 0 bridgehead atoms. The fraction of sp³-hybridized carbons (Fsp3) is 0.455. The van der Waals surface area contributed by atoms with Crippen LogP contribution in [0.5, 0.6) is 0 Å². The van der Waals surface area contributed by atoms with Crippen molar-refractivity contribution in [1.29, 1.82) is 0 Å². The average Bonchev–Trinajstić information content (AvgIpc) is 3.29. The van der Waals surface area contributed by atoms with Gasteiger partial charge in [0.15, 0.2) is 5.76 Å². The first-order chi connectivity index (χ1) is 13.6. The minimum Gasteiger partial charge on any atom is -0.373 e. The van der Waals surface area contributed by atoms with Crippen LogP contribution in [-0.4, -0.2) is 21.0 Å². The fourth-order valence-corrected chi connectivity index (χ4v) is 4.25. The van der Waals surface area contributed by atoms with Crippen molar-refractivity contribution >= 4 is 11.6 Å². The highest BCUT2D eigenvalue weighted by Crippen LogP contribution is 2.41. The Balaban J connectivity index is 1.55. The van der Waals surface area contributed by atoms with Crippen LogP contribution < -0.4 is 0 Å². The van der Waals surface area contributed by atoms with E-state index in [1.165, 1.54) is 12.8 Å². The van der Waals surface area contributed by atoms with Crippen molar-refractivity contribution in [3.8, 4) is 22.6 Å². The Labute approximate surface area is 169 Å². The van der Waals surface area contributed by atoms with Crippen molar-refractivity contribution in [2.24, 2.45) is 5.92 Å². The lowest BCUT2D eigenvalue weighted by molar-refractivity contribution is 0.106. The van der Waals surface area contributed by atoms with Gasteiger partial charge in [0.05, 0.1) is 41.1 Å². The fourth-order valence-electron chi connectivity index (χ4n) is 4.03. The van der Waals surface area contributed by atoms with Crippen LogP contribution >= 0.6 is 11.6 Å². The maximum absolute atomic E-state index is 6.44. The molecule has 2 heterocycles. The van der Waals surface area contributed by atoms with E-state index in [0.717, 1.165) is 52.6 Å². The highest BCUT2D eigenvalue weighted by atomic mass is 35.5. The van der Waals surface area contributed by atoms with E-state index in [2.05, 4.69) is 28.8 Å². The Morgan fingerprint density at radius 3 is 2.71 bits per heavy atom. The second-order valence-corrected chi connectivity index (χ2v) is 8.55. The molecule has 0 saturated heterocycles. The standard InChI is InChI=1S/C22H24ClN3O2/c1-13-9-15(10-13)26-14(2)18(11-24-26)22-19(12-27-16-7-8-16)21(25-28-22)17-5-3-4-6-20(17)23/h3-6,11,13,15-16H,7-10,12H2,1-2H3. The molecule has 2 fully saturated rings. The monoisotopic (exact) mass is 397 g/mol. The van der Waals surface area contributed by atoms with Crippen LogP contribution in [0.25, 0.3) is 22.6 Å². The van der Waals surface area contributed by atoms with E-state index in [-0.39, 0.29) is 0 Å². The largest absolute Gasteiger partial charge is 0.373 e. The average molecular weight is 398 g/mol. The summed E-state index contributed by atoms with van der Waals surface area (Å²) >= 11 is 6.44. The topological polar surface area (TPSA) is 53.1 Å². The second kappa shape index (κ2) is 7.05. The molecule has 28 heavy (non-hydrogen) atoms. The smallest absolute Gasteiger partial charge is 0.176 e. The maximum atomic E-state index is 6.44. The van der Waals surface area contributed by atoms with Gasteiger partial charge in [0, 0.05) is 11.3 Å². The van der Waals surface area contributed by atoms with Crippen LogP contribution in [0.1, 0.15) is 49.9 Å². The third kappa shape index (κ3) is 3.16. The predicted octanol–water partition coefficient (Wildman–Crippen LogP) is 5.82. The van der Waals surface area contributed by atoms with Crippen molar-refractivity contribution in [3.05, 3.63) is 46.7 Å². The number of hydrogen-bond acceptors (Lipinski definition) is 4. The molecule has 3 aromatic rings. The molecule has 0 amide bonds. The molecular weight excluding hydrogens is 374 g/mol. The molecule has 0 atom stereocenters. The number of halogens is 1. The van der Waals surface area contributed by atoms with Gasteiger partial charge in [0.25, 0.3) is 0 Å². The molecule has 0 aliphatic heterocycles. The molecule has 146 valence electrons. The number of nitrogens with zero attached hydrogens (tertiary/aromatic N) is 3. The Bertz CT molecular complexity index is 999. The third-order valence-electron chi connectivity index (χ3n) is 5.89. The van der Waals surface area contributed by atoms with Gasteiger partial charge in [0.2, 0.25) is 0 Å². The number of ether oxygens (including phenoxy) is 1. The van der Waals surface area contributed by atoms with Crippen molar-refractivity contribution in [2.75, 3.05) is 0 Å². The van der Waals surface area contributed by atoms with E-state index in [4.69, 9.17) is 20.9 Å². The van der Waals surface area contributed by atoms with E-state index in [1.54, 1.807) is 0 Å². The summed E-state index contributed by atoms with van der Waals surface area (Å²) in [5.74, 6) is 1.52. The van der Waals surface area contributed by atoms with Gasteiger partial charge in [-0.15, -0.1) is 0 Å². The summed E-state index contributed by atoms with van der Waals surface area (Å²) in [5, 5.41) is 9.70.